The van der Waals surface area contributed by atoms with E-state index in [1.807, 2.05) is 42.5 Å². The van der Waals surface area contributed by atoms with Gasteiger partial charge in [0.25, 0.3) is 11.8 Å². The summed E-state index contributed by atoms with van der Waals surface area (Å²) < 4.78 is 0. The Morgan fingerprint density at radius 3 is 2.59 bits per heavy atom. The van der Waals surface area contributed by atoms with E-state index in [0.29, 0.717) is 22.6 Å². The van der Waals surface area contributed by atoms with E-state index < -0.39 is 0 Å². The molecule has 0 atom stereocenters. The molecule has 0 saturated heterocycles. The number of aromatic nitrogens is 2. The van der Waals surface area contributed by atoms with Crippen LogP contribution in [0.25, 0.3) is 0 Å². The van der Waals surface area contributed by atoms with Crippen molar-refractivity contribution in [2.45, 2.75) is 17.7 Å². The van der Waals surface area contributed by atoms with E-state index in [0.717, 1.165) is 16.3 Å². The molecule has 3 rings (SSSR count). The molecule has 0 radical (unpaired) electrons. The van der Waals surface area contributed by atoms with E-state index in [1.54, 1.807) is 51.1 Å². The maximum absolute atomic E-state index is 12.7. The summed E-state index contributed by atoms with van der Waals surface area (Å²) >= 11 is 1.64. The molecule has 0 aliphatic heterocycles. The van der Waals surface area contributed by atoms with Crippen LogP contribution in [0.3, 0.4) is 0 Å². The molecule has 3 aromatic rings. The lowest BCUT2D eigenvalue weighted by atomic mass is 10.1. The molecule has 2 amide bonds. The van der Waals surface area contributed by atoms with Crippen molar-refractivity contribution in [2.24, 2.45) is 0 Å². The number of anilines is 1. The first-order valence-electron chi connectivity index (χ1n) is 9.07. The Hall–Kier alpha value is -3.19. The molecule has 0 fully saturated rings. The van der Waals surface area contributed by atoms with Gasteiger partial charge in [0.2, 0.25) is 0 Å². The summed E-state index contributed by atoms with van der Waals surface area (Å²) in [5.41, 5.74) is 3.06. The normalized spacial score (nSPS) is 10.4. The number of rotatable bonds is 6. The zero-order chi connectivity index (χ0) is 20.8. The van der Waals surface area contributed by atoms with Crippen LogP contribution >= 0.6 is 11.8 Å². The molecule has 2 heterocycles. The van der Waals surface area contributed by atoms with Gasteiger partial charge in [0.15, 0.2) is 0 Å². The summed E-state index contributed by atoms with van der Waals surface area (Å²) in [6.07, 6.45) is 1.77. The molecule has 0 bridgehead atoms. The molecule has 0 spiro atoms. The number of carbonyl (C=O) groups is 2. The first kappa shape index (κ1) is 20.5. The fourth-order valence-corrected chi connectivity index (χ4v) is 3.48. The average Bonchev–Trinajstić information content (AvgIpc) is 2.72. The number of amides is 2. The van der Waals surface area contributed by atoms with E-state index in [9.17, 15) is 9.59 Å². The van der Waals surface area contributed by atoms with Gasteiger partial charge in [0, 0.05) is 31.7 Å². The quantitative estimate of drug-likeness (QED) is 0.626. The molecule has 148 valence electrons. The molecule has 0 aliphatic rings. The van der Waals surface area contributed by atoms with Crippen LogP contribution < -0.4 is 5.32 Å². The molecule has 6 nitrogen and oxygen atoms in total. The monoisotopic (exact) mass is 406 g/mol. The van der Waals surface area contributed by atoms with Crippen LogP contribution in [0.1, 0.15) is 32.1 Å². The Labute approximate surface area is 174 Å². The minimum atomic E-state index is -0.256. The Balaban J connectivity index is 1.68. The summed E-state index contributed by atoms with van der Waals surface area (Å²) in [5.74, 6) is 0.300. The number of benzene rings is 1. The molecule has 29 heavy (non-hydrogen) atoms. The van der Waals surface area contributed by atoms with Crippen molar-refractivity contribution in [3.63, 3.8) is 0 Å². The standard InChI is InChI=1S/C22H22N4O2S/c1-15-18(10-11-19(24-15)22(28)26(2)3)21(27)25-17-8-6-7-16(13-17)14-29-20-9-4-5-12-23-20/h4-13H,14H2,1-3H3,(H,25,27). The van der Waals surface area contributed by atoms with Crippen LogP contribution in [0.2, 0.25) is 0 Å². The van der Waals surface area contributed by atoms with Crippen LogP contribution in [0.15, 0.2) is 65.8 Å². The number of hydrogen-bond acceptors (Lipinski definition) is 5. The van der Waals surface area contributed by atoms with Gasteiger partial charge >= 0.3 is 0 Å². The van der Waals surface area contributed by atoms with Crippen molar-refractivity contribution in [1.29, 1.82) is 0 Å². The number of pyridine rings is 2. The molecule has 0 aliphatic carbocycles. The van der Waals surface area contributed by atoms with Crippen molar-refractivity contribution in [2.75, 3.05) is 19.4 Å². The summed E-state index contributed by atoms with van der Waals surface area (Å²) in [6, 6.07) is 16.7. The lowest BCUT2D eigenvalue weighted by Gasteiger charge is -2.12. The molecular weight excluding hydrogens is 384 g/mol. The lowest BCUT2D eigenvalue weighted by Crippen LogP contribution is -2.23. The summed E-state index contributed by atoms with van der Waals surface area (Å²) in [6.45, 7) is 1.72. The number of aryl methyl sites for hydroxylation is 1. The van der Waals surface area contributed by atoms with Crippen LogP contribution in [-0.2, 0) is 5.75 Å². The highest BCUT2D eigenvalue weighted by Gasteiger charge is 2.15. The van der Waals surface area contributed by atoms with E-state index in [1.165, 1.54) is 4.90 Å². The molecule has 0 saturated carbocycles. The van der Waals surface area contributed by atoms with Crippen molar-refractivity contribution in [1.82, 2.24) is 14.9 Å². The van der Waals surface area contributed by atoms with Crippen LogP contribution in [0.4, 0.5) is 5.69 Å². The predicted octanol–water partition coefficient (Wildman–Crippen LogP) is 4.03. The van der Waals surface area contributed by atoms with Crippen molar-refractivity contribution in [3.8, 4) is 0 Å². The number of nitrogens with one attached hydrogen (secondary N) is 1. The van der Waals surface area contributed by atoms with E-state index in [-0.39, 0.29) is 11.8 Å². The Morgan fingerprint density at radius 2 is 1.90 bits per heavy atom. The van der Waals surface area contributed by atoms with E-state index in [4.69, 9.17) is 0 Å². The van der Waals surface area contributed by atoms with Gasteiger partial charge in [0.1, 0.15) is 5.69 Å². The van der Waals surface area contributed by atoms with Crippen LogP contribution in [-0.4, -0.2) is 40.8 Å². The number of thioether (sulfide) groups is 1. The van der Waals surface area contributed by atoms with Crippen molar-refractivity contribution >= 4 is 29.3 Å². The van der Waals surface area contributed by atoms with Crippen LogP contribution in [0, 0.1) is 6.92 Å². The minimum absolute atomic E-state index is 0.196. The van der Waals surface area contributed by atoms with E-state index in [2.05, 4.69) is 15.3 Å². The average molecular weight is 407 g/mol. The Morgan fingerprint density at radius 1 is 1.07 bits per heavy atom. The predicted molar refractivity (Wildman–Crippen MR) is 115 cm³/mol. The molecule has 0 unspecified atom stereocenters. The highest BCUT2D eigenvalue weighted by molar-refractivity contribution is 7.98. The Kier molecular flexibility index (Phi) is 6.61. The smallest absolute Gasteiger partial charge is 0.271 e. The van der Waals surface area contributed by atoms with E-state index >= 15 is 0 Å². The number of hydrogen-bond donors (Lipinski definition) is 1. The topological polar surface area (TPSA) is 75.2 Å². The highest BCUT2D eigenvalue weighted by Crippen LogP contribution is 2.22. The first-order chi connectivity index (χ1) is 13.9. The second-order valence-corrected chi connectivity index (χ2v) is 7.64. The maximum Gasteiger partial charge on any atom is 0.271 e. The van der Waals surface area contributed by atoms with Crippen molar-refractivity contribution < 1.29 is 9.59 Å². The van der Waals surface area contributed by atoms with Gasteiger partial charge in [-0.3, -0.25) is 9.59 Å². The zero-order valence-corrected chi connectivity index (χ0v) is 17.4. The second-order valence-electron chi connectivity index (χ2n) is 6.64. The van der Waals surface area contributed by atoms with Gasteiger partial charge in [-0.2, -0.15) is 0 Å². The molecular formula is C22H22N4O2S. The fraction of sp³-hybridized carbons (Fsp3) is 0.182. The fourth-order valence-electron chi connectivity index (χ4n) is 2.68. The van der Waals surface area contributed by atoms with Crippen LogP contribution in [0.5, 0.6) is 0 Å². The van der Waals surface area contributed by atoms with Gasteiger partial charge in [-0.1, -0.05) is 18.2 Å². The summed E-state index contributed by atoms with van der Waals surface area (Å²) in [5, 5.41) is 3.86. The van der Waals surface area contributed by atoms with Crippen molar-refractivity contribution in [3.05, 3.63) is 83.3 Å². The SMILES string of the molecule is Cc1nc(C(=O)N(C)C)ccc1C(=O)Nc1cccc(CSc2ccccn2)c1. The maximum atomic E-state index is 12.7. The van der Waals surface area contributed by atoms with Gasteiger partial charge < -0.3 is 10.2 Å². The first-order valence-corrected chi connectivity index (χ1v) is 10.1. The number of nitrogens with zero attached hydrogens (tertiary/aromatic N) is 3. The third-order valence-electron chi connectivity index (χ3n) is 4.17. The summed E-state index contributed by atoms with van der Waals surface area (Å²) in [7, 11) is 3.33. The Bertz CT molecular complexity index is 1020. The van der Waals surface area contributed by atoms with Gasteiger partial charge in [-0.25, -0.2) is 9.97 Å². The summed E-state index contributed by atoms with van der Waals surface area (Å²) in [4.78, 5) is 34.7. The largest absolute Gasteiger partial charge is 0.343 e. The number of carbonyl (C=O) groups excluding carboxylic acids is 2. The molecule has 1 N–H and O–H groups in total. The third kappa shape index (κ3) is 5.42. The second kappa shape index (κ2) is 9.34. The molecule has 2 aromatic heterocycles. The third-order valence-corrected chi connectivity index (χ3v) is 5.18. The minimum Gasteiger partial charge on any atom is -0.343 e. The van der Waals surface area contributed by atoms with Gasteiger partial charge in [0.05, 0.1) is 16.3 Å². The van der Waals surface area contributed by atoms with Gasteiger partial charge in [-0.05, 0) is 48.9 Å². The molecule has 1 aromatic carbocycles. The zero-order valence-electron chi connectivity index (χ0n) is 16.5. The highest BCUT2D eigenvalue weighted by atomic mass is 32.2. The molecule has 7 heteroatoms. The lowest BCUT2D eigenvalue weighted by molar-refractivity contribution is 0.0821. The van der Waals surface area contributed by atoms with Gasteiger partial charge in [-0.15, -0.1) is 11.8 Å².